The van der Waals surface area contributed by atoms with Gasteiger partial charge in [0, 0.05) is 24.1 Å². The van der Waals surface area contributed by atoms with Crippen molar-refractivity contribution >= 4 is 16.6 Å². The third-order valence-corrected chi connectivity index (χ3v) is 3.29. The normalized spacial score (nSPS) is 13.5. The number of nitrogens with zero attached hydrogens (tertiary/aromatic N) is 2. The Hall–Kier alpha value is -2.17. The van der Waals surface area contributed by atoms with Crippen LogP contribution in [0.4, 0.5) is 0 Å². The molecule has 1 aromatic heterocycles. The zero-order valence-electron chi connectivity index (χ0n) is 10.9. The molecule has 19 heavy (non-hydrogen) atoms. The Morgan fingerprint density at radius 3 is 3.11 bits per heavy atom. The minimum Gasteiger partial charge on any atom is -0.488 e. The van der Waals surface area contributed by atoms with Crippen LogP contribution in [0.15, 0.2) is 18.2 Å². The lowest BCUT2D eigenvalue weighted by Crippen LogP contribution is -2.21. The Morgan fingerprint density at radius 2 is 2.32 bits per heavy atom. The van der Waals surface area contributed by atoms with Crippen LogP contribution < -0.4 is 10.2 Å². The smallest absolute Gasteiger partial charge is 0.135 e. The zero-order chi connectivity index (χ0) is 13.4. The number of benzene rings is 1. The molecule has 0 spiro atoms. The molecule has 3 rings (SSSR count). The molecule has 98 valence electrons. The lowest BCUT2D eigenvalue weighted by atomic mass is 10.2. The summed E-state index contributed by atoms with van der Waals surface area (Å²) in [7, 11) is 0. The number of hydrogen-bond acceptors (Lipinski definition) is 4. The Bertz CT molecular complexity index is 717. The van der Waals surface area contributed by atoms with Crippen LogP contribution in [0.5, 0.6) is 5.75 Å². The Labute approximate surface area is 110 Å². The van der Waals surface area contributed by atoms with Crippen molar-refractivity contribution in [1.29, 1.82) is 10.8 Å². The lowest BCUT2D eigenvalue weighted by Gasteiger charge is -2.09. The molecule has 1 aliphatic rings. The van der Waals surface area contributed by atoms with Gasteiger partial charge < -0.3 is 14.7 Å². The van der Waals surface area contributed by atoms with E-state index in [2.05, 4.69) is 4.98 Å². The van der Waals surface area contributed by atoms with Crippen molar-refractivity contribution in [3.63, 3.8) is 0 Å². The number of aromatic nitrogens is 2. The molecule has 5 heteroatoms. The van der Waals surface area contributed by atoms with Crippen molar-refractivity contribution in [2.45, 2.75) is 26.3 Å². The highest BCUT2D eigenvalue weighted by atomic mass is 16.5. The number of hydrogen-bond donors (Lipinski definition) is 2. The largest absolute Gasteiger partial charge is 0.488 e. The second kappa shape index (κ2) is 4.50. The number of ether oxygens (including phenoxy) is 1. The summed E-state index contributed by atoms with van der Waals surface area (Å²) < 4.78 is 7.47. The van der Waals surface area contributed by atoms with E-state index in [-0.39, 0.29) is 6.61 Å². The van der Waals surface area contributed by atoms with Gasteiger partial charge in [-0.2, -0.15) is 0 Å². The third-order valence-electron chi connectivity index (χ3n) is 3.29. The summed E-state index contributed by atoms with van der Waals surface area (Å²) in [4.78, 5) is 4.60. The van der Waals surface area contributed by atoms with E-state index in [0.717, 1.165) is 36.1 Å². The molecule has 0 saturated heterocycles. The van der Waals surface area contributed by atoms with Crippen LogP contribution in [-0.2, 0) is 13.0 Å². The quantitative estimate of drug-likeness (QED) is 0.823. The topological polar surface area (TPSA) is 74.8 Å². The maximum Gasteiger partial charge on any atom is 0.135 e. The van der Waals surface area contributed by atoms with Crippen LogP contribution in [0.25, 0.3) is 10.9 Å². The SMILES string of the molecule is CC(=N)COc1ccc2nc3n(c(=N)c2c1)CCC3. The van der Waals surface area contributed by atoms with Gasteiger partial charge in [0.05, 0.1) is 5.52 Å². The Balaban J connectivity index is 2.07. The average molecular weight is 256 g/mol. The van der Waals surface area contributed by atoms with E-state index in [1.807, 2.05) is 22.8 Å². The monoisotopic (exact) mass is 256 g/mol. The van der Waals surface area contributed by atoms with Crippen LogP contribution in [-0.4, -0.2) is 21.9 Å². The van der Waals surface area contributed by atoms with Gasteiger partial charge >= 0.3 is 0 Å². The van der Waals surface area contributed by atoms with Gasteiger partial charge in [-0.25, -0.2) is 4.98 Å². The van der Waals surface area contributed by atoms with Crippen molar-refractivity contribution in [2.24, 2.45) is 0 Å². The zero-order valence-corrected chi connectivity index (χ0v) is 10.9. The van der Waals surface area contributed by atoms with E-state index in [1.54, 1.807) is 6.92 Å². The average Bonchev–Trinajstić information content (AvgIpc) is 2.85. The molecule has 0 bridgehead atoms. The summed E-state index contributed by atoms with van der Waals surface area (Å²) in [6, 6.07) is 5.59. The van der Waals surface area contributed by atoms with Crippen LogP contribution in [0, 0.1) is 10.8 Å². The van der Waals surface area contributed by atoms with Crippen LogP contribution in [0.1, 0.15) is 19.2 Å². The van der Waals surface area contributed by atoms with Crippen LogP contribution in [0.3, 0.4) is 0 Å². The summed E-state index contributed by atoms with van der Waals surface area (Å²) in [6.07, 6.45) is 2.01. The maximum absolute atomic E-state index is 8.26. The van der Waals surface area contributed by atoms with Crippen molar-refractivity contribution in [2.75, 3.05) is 6.61 Å². The molecular formula is C14H16N4O. The number of fused-ring (bicyclic) bond motifs is 2. The second-order valence-corrected chi connectivity index (χ2v) is 4.88. The van der Waals surface area contributed by atoms with Crippen LogP contribution >= 0.6 is 0 Å². The number of aryl methyl sites for hydroxylation is 1. The standard InChI is InChI=1S/C14H16N4O/c1-9(15)8-19-10-4-5-12-11(7-10)14(16)18-6-2-3-13(18)17-12/h4-5,7,15-16H,2-3,6,8H2,1H3. The fraction of sp³-hybridized carbons (Fsp3) is 0.357. The molecule has 2 N–H and O–H groups in total. The lowest BCUT2D eigenvalue weighted by molar-refractivity contribution is 0.375. The molecular weight excluding hydrogens is 240 g/mol. The van der Waals surface area contributed by atoms with E-state index in [4.69, 9.17) is 15.6 Å². The summed E-state index contributed by atoms with van der Waals surface area (Å²) >= 11 is 0. The van der Waals surface area contributed by atoms with Gasteiger partial charge in [0.25, 0.3) is 0 Å². The first kappa shape index (κ1) is 11.9. The van der Waals surface area contributed by atoms with Gasteiger partial charge in [-0.3, -0.25) is 5.41 Å². The van der Waals surface area contributed by atoms with E-state index >= 15 is 0 Å². The predicted octanol–water partition coefficient (Wildman–Crippen LogP) is 1.88. The Kier molecular flexibility index (Phi) is 2.81. The molecule has 0 amide bonds. The van der Waals surface area contributed by atoms with Gasteiger partial charge in [-0.05, 0) is 31.5 Å². The van der Waals surface area contributed by atoms with E-state index in [9.17, 15) is 0 Å². The minimum absolute atomic E-state index is 0.282. The molecule has 2 aromatic rings. The van der Waals surface area contributed by atoms with Gasteiger partial charge in [-0.15, -0.1) is 0 Å². The molecule has 1 aromatic carbocycles. The first-order chi connectivity index (χ1) is 9.15. The summed E-state index contributed by atoms with van der Waals surface area (Å²) in [5.74, 6) is 1.69. The molecule has 0 fully saturated rings. The molecule has 0 saturated carbocycles. The first-order valence-corrected chi connectivity index (χ1v) is 6.40. The molecule has 1 aliphatic heterocycles. The fourth-order valence-corrected chi connectivity index (χ4v) is 2.38. The number of rotatable bonds is 3. The molecule has 0 atom stereocenters. The number of nitrogens with one attached hydrogen (secondary N) is 2. The van der Waals surface area contributed by atoms with E-state index < -0.39 is 0 Å². The van der Waals surface area contributed by atoms with E-state index in [0.29, 0.717) is 16.9 Å². The molecule has 0 unspecified atom stereocenters. The molecule has 2 heterocycles. The maximum atomic E-state index is 8.26. The molecule has 5 nitrogen and oxygen atoms in total. The van der Waals surface area contributed by atoms with Crippen molar-refractivity contribution in [1.82, 2.24) is 9.55 Å². The molecule has 0 radical (unpaired) electrons. The summed E-state index contributed by atoms with van der Waals surface area (Å²) in [5, 5.41) is 16.4. The predicted molar refractivity (Wildman–Crippen MR) is 72.8 cm³/mol. The fourth-order valence-electron chi connectivity index (χ4n) is 2.38. The van der Waals surface area contributed by atoms with Crippen molar-refractivity contribution in [3.8, 4) is 5.75 Å². The summed E-state index contributed by atoms with van der Waals surface area (Å²) in [5.41, 5.74) is 1.83. The van der Waals surface area contributed by atoms with E-state index in [1.165, 1.54) is 0 Å². The highest BCUT2D eigenvalue weighted by molar-refractivity contribution is 5.81. The summed E-state index contributed by atoms with van der Waals surface area (Å²) in [6.45, 7) is 2.87. The van der Waals surface area contributed by atoms with Crippen molar-refractivity contribution in [3.05, 3.63) is 29.5 Å². The van der Waals surface area contributed by atoms with Crippen LogP contribution in [0.2, 0.25) is 0 Å². The van der Waals surface area contributed by atoms with Crippen molar-refractivity contribution < 1.29 is 4.74 Å². The minimum atomic E-state index is 0.282. The highest BCUT2D eigenvalue weighted by Gasteiger charge is 2.14. The first-order valence-electron chi connectivity index (χ1n) is 6.40. The third kappa shape index (κ3) is 2.12. The second-order valence-electron chi connectivity index (χ2n) is 4.88. The highest BCUT2D eigenvalue weighted by Crippen LogP contribution is 2.19. The van der Waals surface area contributed by atoms with Gasteiger partial charge in [0.2, 0.25) is 0 Å². The van der Waals surface area contributed by atoms with Gasteiger partial charge in [-0.1, -0.05) is 0 Å². The van der Waals surface area contributed by atoms with Gasteiger partial charge in [0.1, 0.15) is 23.7 Å². The van der Waals surface area contributed by atoms with Gasteiger partial charge in [0.15, 0.2) is 0 Å². The Morgan fingerprint density at radius 1 is 1.47 bits per heavy atom. The molecule has 0 aliphatic carbocycles.